The third kappa shape index (κ3) is 7.57. The molecule has 0 spiro atoms. The maximum atomic E-state index is 5.32. The van der Waals surface area contributed by atoms with Crippen LogP contribution in [0, 0.1) is 18.4 Å². The standard InChI is InChI=1S/C37H31N2SSi.C11H8N.Ir/c1-25-21-29(26-13-7-5-8-14-26)36(30(22-25)27-15-9-6-10-16-27)39-34-18-12-11-17-33(34)38-37(39)32-24-40-35-20-19-28(23-31(32)35)41(2,3)4;1-2-6-10(7-3-1)11-8-4-5-9-12-11;/h5-23H,1-4H3;1-6,8-9H;/q2*-1;. The summed E-state index contributed by atoms with van der Waals surface area (Å²) in [6.07, 6.45) is 1.79. The van der Waals surface area contributed by atoms with Gasteiger partial charge in [-0.15, -0.1) is 47.3 Å². The predicted molar refractivity (Wildman–Crippen MR) is 228 cm³/mol. The Bertz CT molecular complexity index is 2550. The minimum Gasteiger partial charge on any atom is -0.332 e. The average molecular weight is 910 g/mol. The van der Waals surface area contributed by atoms with E-state index in [0.29, 0.717) is 0 Å². The Morgan fingerprint density at radius 2 is 1.31 bits per heavy atom. The molecule has 54 heavy (non-hydrogen) atoms. The Morgan fingerprint density at radius 3 is 1.94 bits per heavy atom. The van der Waals surface area contributed by atoms with Gasteiger partial charge in [0.1, 0.15) is 0 Å². The van der Waals surface area contributed by atoms with Gasteiger partial charge < -0.3 is 9.55 Å². The van der Waals surface area contributed by atoms with E-state index in [4.69, 9.17) is 4.98 Å². The van der Waals surface area contributed by atoms with Crippen LogP contribution in [0.2, 0.25) is 19.6 Å². The number of thiophene rings is 1. The second kappa shape index (κ2) is 16.0. The van der Waals surface area contributed by atoms with Crippen molar-refractivity contribution in [2.75, 3.05) is 0 Å². The first-order valence-corrected chi connectivity index (χ1v) is 22.2. The smallest absolute Gasteiger partial charge is 0.0774 e. The van der Waals surface area contributed by atoms with Gasteiger partial charge >= 0.3 is 0 Å². The van der Waals surface area contributed by atoms with Crippen molar-refractivity contribution in [1.82, 2.24) is 14.5 Å². The second-order valence-electron chi connectivity index (χ2n) is 14.2. The van der Waals surface area contributed by atoms with E-state index in [0.717, 1.165) is 39.4 Å². The summed E-state index contributed by atoms with van der Waals surface area (Å²) in [5.74, 6) is 0.934. The second-order valence-corrected chi connectivity index (χ2v) is 20.2. The van der Waals surface area contributed by atoms with Crippen molar-refractivity contribution in [3.8, 4) is 50.6 Å². The Hall–Kier alpha value is -5.23. The summed E-state index contributed by atoms with van der Waals surface area (Å²) in [5, 5.41) is 6.37. The molecule has 9 rings (SSSR count). The van der Waals surface area contributed by atoms with Crippen molar-refractivity contribution >= 4 is 45.7 Å². The predicted octanol–water partition coefficient (Wildman–Crippen LogP) is 12.4. The first kappa shape index (κ1) is 37.1. The fourth-order valence-corrected chi connectivity index (χ4v) is 8.78. The summed E-state index contributed by atoms with van der Waals surface area (Å²) >= 11 is 1.68. The van der Waals surface area contributed by atoms with Gasteiger partial charge in [0.05, 0.1) is 30.6 Å². The zero-order valence-corrected chi connectivity index (χ0v) is 34.9. The van der Waals surface area contributed by atoms with Crippen molar-refractivity contribution in [3.63, 3.8) is 0 Å². The Labute approximate surface area is 336 Å². The van der Waals surface area contributed by atoms with Crippen LogP contribution in [0.3, 0.4) is 0 Å². The van der Waals surface area contributed by atoms with Gasteiger partial charge in [0.2, 0.25) is 0 Å². The number of aromatic nitrogens is 3. The van der Waals surface area contributed by atoms with E-state index in [9.17, 15) is 0 Å². The molecule has 0 aliphatic carbocycles. The minimum atomic E-state index is -1.51. The van der Waals surface area contributed by atoms with Crippen LogP contribution in [0.1, 0.15) is 5.56 Å². The van der Waals surface area contributed by atoms with Crippen LogP contribution in [0.4, 0.5) is 0 Å². The topological polar surface area (TPSA) is 30.7 Å². The number of fused-ring (bicyclic) bond motifs is 2. The number of imidazole rings is 1. The third-order valence-corrected chi connectivity index (χ3v) is 12.4. The number of rotatable bonds is 6. The number of aryl methyl sites for hydroxylation is 1. The molecule has 3 nitrogen and oxygen atoms in total. The van der Waals surface area contributed by atoms with Crippen LogP contribution in [0.25, 0.3) is 71.7 Å². The Morgan fingerprint density at radius 1 is 0.667 bits per heavy atom. The molecule has 6 aromatic carbocycles. The van der Waals surface area contributed by atoms with Gasteiger partial charge in [-0.2, -0.15) is 0 Å². The van der Waals surface area contributed by atoms with E-state index in [-0.39, 0.29) is 20.1 Å². The van der Waals surface area contributed by atoms with E-state index in [1.807, 2.05) is 42.5 Å². The van der Waals surface area contributed by atoms with Crippen molar-refractivity contribution in [2.45, 2.75) is 26.6 Å². The first-order valence-electron chi connectivity index (χ1n) is 17.9. The fourth-order valence-electron chi connectivity index (χ4n) is 6.80. The van der Waals surface area contributed by atoms with Crippen LogP contribution in [0.15, 0.2) is 164 Å². The molecule has 0 fully saturated rings. The molecule has 3 aromatic heterocycles. The van der Waals surface area contributed by atoms with Crippen molar-refractivity contribution in [2.24, 2.45) is 0 Å². The van der Waals surface area contributed by atoms with Gasteiger partial charge in [0, 0.05) is 37.4 Å². The summed E-state index contributed by atoms with van der Waals surface area (Å²) in [5.41, 5.74) is 12.3. The van der Waals surface area contributed by atoms with E-state index >= 15 is 0 Å². The van der Waals surface area contributed by atoms with E-state index in [2.05, 4.69) is 163 Å². The molecule has 0 atom stereocenters. The molecule has 267 valence electrons. The van der Waals surface area contributed by atoms with Crippen LogP contribution < -0.4 is 5.19 Å². The van der Waals surface area contributed by atoms with Crippen LogP contribution in [-0.2, 0) is 20.1 Å². The van der Waals surface area contributed by atoms with Crippen molar-refractivity contribution < 1.29 is 20.1 Å². The van der Waals surface area contributed by atoms with Crippen LogP contribution >= 0.6 is 11.3 Å². The normalized spacial score (nSPS) is 11.2. The van der Waals surface area contributed by atoms with Crippen molar-refractivity contribution in [3.05, 3.63) is 181 Å². The molecule has 0 N–H and O–H groups in total. The maximum absolute atomic E-state index is 5.32. The maximum Gasteiger partial charge on any atom is 0.0774 e. The van der Waals surface area contributed by atoms with Gasteiger partial charge in [-0.1, -0.05) is 138 Å². The molecule has 0 saturated carbocycles. The van der Waals surface area contributed by atoms with Crippen LogP contribution in [0.5, 0.6) is 0 Å². The molecule has 0 unspecified atom stereocenters. The molecule has 0 saturated heterocycles. The number of pyridine rings is 1. The quantitative estimate of drug-likeness (QED) is 0.123. The summed E-state index contributed by atoms with van der Waals surface area (Å²) in [6.45, 7) is 9.41. The number of benzene rings is 6. The summed E-state index contributed by atoms with van der Waals surface area (Å²) in [4.78, 5) is 9.53. The SMILES string of the molecule is Cc1cc(-c2ccccc2)c(-n2c(-c3[c-]sc4ccc([Si](C)(C)C)cc34)nc3ccccc32)c(-c2ccccc2)c1.[Ir].[c-]1ccccc1-c1ccccn1. The number of nitrogens with zero attached hydrogens (tertiary/aromatic N) is 3. The molecule has 1 radical (unpaired) electrons. The molecule has 3 heterocycles. The molecule has 0 aliphatic heterocycles. The largest absolute Gasteiger partial charge is 0.332 e. The zero-order chi connectivity index (χ0) is 36.4. The number of para-hydroxylation sites is 2. The van der Waals surface area contributed by atoms with Crippen LogP contribution in [-0.4, -0.2) is 22.6 Å². The summed E-state index contributed by atoms with van der Waals surface area (Å²) < 4.78 is 3.63. The van der Waals surface area contributed by atoms with E-state index < -0.39 is 8.07 Å². The van der Waals surface area contributed by atoms with Gasteiger partial charge in [0.25, 0.3) is 0 Å². The Balaban J connectivity index is 0.000000294. The van der Waals surface area contributed by atoms with Gasteiger partial charge in [-0.05, 0) is 59.6 Å². The summed E-state index contributed by atoms with van der Waals surface area (Å²) in [7, 11) is -1.51. The van der Waals surface area contributed by atoms with Crippen molar-refractivity contribution in [1.29, 1.82) is 0 Å². The van der Waals surface area contributed by atoms with E-state index in [1.54, 1.807) is 17.5 Å². The van der Waals surface area contributed by atoms with Gasteiger partial charge in [0.15, 0.2) is 0 Å². The number of hydrogen-bond donors (Lipinski definition) is 0. The average Bonchev–Trinajstić information content (AvgIpc) is 3.80. The number of hydrogen-bond acceptors (Lipinski definition) is 3. The first-order chi connectivity index (χ1) is 25.8. The van der Waals surface area contributed by atoms with Gasteiger partial charge in [-0.25, -0.2) is 0 Å². The minimum absolute atomic E-state index is 0. The van der Waals surface area contributed by atoms with E-state index in [1.165, 1.54) is 43.1 Å². The van der Waals surface area contributed by atoms with Gasteiger partial charge in [-0.3, -0.25) is 16.3 Å². The Kier molecular flexibility index (Phi) is 11.0. The molecule has 6 heteroatoms. The molecular weight excluding hydrogens is 871 g/mol. The molecule has 9 aromatic rings. The molecular formula is C48H39IrN3SSi-2. The monoisotopic (exact) mass is 910 g/mol. The molecule has 0 bridgehead atoms. The molecule has 0 aliphatic rings. The molecule has 0 amide bonds. The third-order valence-electron chi connectivity index (χ3n) is 9.46. The zero-order valence-electron chi connectivity index (χ0n) is 30.7. The summed E-state index contributed by atoms with van der Waals surface area (Å²) in [6, 6.07) is 58.4. The fraction of sp³-hybridized carbons (Fsp3) is 0.0833.